The Labute approximate surface area is 83.7 Å². The van der Waals surface area contributed by atoms with Gasteiger partial charge in [0.1, 0.15) is 0 Å². The average molecular weight is 234 g/mol. The van der Waals surface area contributed by atoms with Gasteiger partial charge in [-0.1, -0.05) is 0 Å². The minimum atomic E-state index is 0. The van der Waals surface area contributed by atoms with Gasteiger partial charge in [-0.15, -0.1) is 17.0 Å². The SMILES string of the molecule is Br.OC1[C@@H]2CC3C[C@H]1CN(C3)C2. The minimum Gasteiger partial charge on any atom is -0.392 e. The molecule has 1 aliphatic carbocycles. The van der Waals surface area contributed by atoms with Gasteiger partial charge in [0.05, 0.1) is 6.10 Å². The van der Waals surface area contributed by atoms with Crippen molar-refractivity contribution in [2.45, 2.75) is 18.9 Å². The zero-order valence-electron chi connectivity index (χ0n) is 7.15. The highest BCUT2D eigenvalue weighted by atomic mass is 79.9. The summed E-state index contributed by atoms with van der Waals surface area (Å²) in [5.74, 6) is 2.18. The van der Waals surface area contributed by atoms with Crippen molar-refractivity contribution in [1.82, 2.24) is 4.90 Å². The normalized spacial score (nSPS) is 55.2. The number of aliphatic hydroxyl groups is 1. The average Bonchev–Trinajstić information content (AvgIpc) is 1.98. The zero-order valence-corrected chi connectivity index (χ0v) is 8.86. The van der Waals surface area contributed by atoms with Gasteiger partial charge >= 0.3 is 0 Å². The summed E-state index contributed by atoms with van der Waals surface area (Å²) in [6.45, 7) is 3.67. The van der Waals surface area contributed by atoms with Crippen LogP contribution >= 0.6 is 17.0 Å². The Bertz CT molecular complexity index is 157. The summed E-state index contributed by atoms with van der Waals surface area (Å²) in [4.78, 5) is 2.54. The summed E-state index contributed by atoms with van der Waals surface area (Å²) in [5.41, 5.74) is 0. The molecule has 0 amide bonds. The monoisotopic (exact) mass is 233 g/mol. The summed E-state index contributed by atoms with van der Waals surface area (Å²) < 4.78 is 0. The third kappa shape index (κ3) is 1.14. The standard InChI is InChI=1S/C9H15NO.BrH/c11-9-7-1-6-2-8(9)5-10(3-6)4-7;/h6-9,11H,1-5H2;1H/t6?,7-,8+,9?;. The predicted octanol–water partition coefficient (Wildman–Crippen LogP) is 0.897. The summed E-state index contributed by atoms with van der Waals surface area (Å²) >= 11 is 0. The Balaban J connectivity index is 0.000000563. The molecule has 2 nitrogen and oxygen atoms in total. The first-order valence-corrected chi connectivity index (χ1v) is 4.73. The zero-order chi connectivity index (χ0) is 7.42. The van der Waals surface area contributed by atoms with Crippen molar-refractivity contribution in [2.75, 3.05) is 19.6 Å². The third-order valence-electron chi connectivity index (χ3n) is 3.74. The number of nitrogens with zero attached hydrogens (tertiary/aromatic N) is 1. The van der Waals surface area contributed by atoms with E-state index in [-0.39, 0.29) is 23.1 Å². The van der Waals surface area contributed by atoms with Crippen LogP contribution in [0.15, 0.2) is 0 Å². The Morgan fingerprint density at radius 2 is 1.58 bits per heavy atom. The lowest BCUT2D eigenvalue weighted by atomic mass is 9.66. The molecule has 3 aliphatic heterocycles. The molecule has 0 radical (unpaired) electrons. The molecule has 1 saturated carbocycles. The molecule has 3 saturated heterocycles. The number of hydrogen-bond acceptors (Lipinski definition) is 2. The molecule has 3 heteroatoms. The van der Waals surface area contributed by atoms with Gasteiger partial charge in [-0.2, -0.15) is 0 Å². The van der Waals surface area contributed by atoms with E-state index in [0.717, 1.165) is 5.92 Å². The number of rotatable bonds is 0. The lowest BCUT2D eigenvalue weighted by Gasteiger charge is -2.54. The fourth-order valence-electron chi connectivity index (χ4n) is 3.38. The molecular weight excluding hydrogens is 218 g/mol. The smallest absolute Gasteiger partial charge is 0.0621 e. The lowest BCUT2D eigenvalue weighted by Crippen LogP contribution is -2.59. The summed E-state index contributed by atoms with van der Waals surface area (Å²) in [6, 6.07) is 0. The van der Waals surface area contributed by atoms with Gasteiger partial charge in [0.25, 0.3) is 0 Å². The maximum absolute atomic E-state index is 9.80. The molecule has 0 aromatic carbocycles. The molecule has 3 heterocycles. The minimum absolute atomic E-state index is 0. The molecule has 70 valence electrons. The van der Waals surface area contributed by atoms with E-state index in [1.165, 1.54) is 32.5 Å². The van der Waals surface area contributed by atoms with Crippen molar-refractivity contribution in [1.29, 1.82) is 0 Å². The van der Waals surface area contributed by atoms with Crippen LogP contribution in [0.1, 0.15) is 12.8 Å². The van der Waals surface area contributed by atoms with Crippen molar-refractivity contribution in [3.05, 3.63) is 0 Å². The van der Waals surface area contributed by atoms with E-state index >= 15 is 0 Å². The van der Waals surface area contributed by atoms with Crippen LogP contribution in [0.4, 0.5) is 0 Å². The van der Waals surface area contributed by atoms with Crippen molar-refractivity contribution in [3.8, 4) is 0 Å². The molecule has 4 fully saturated rings. The van der Waals surface area contributed by atoms with Gasteiger partial charge in [-0.3, -0.25) is 0 Å². The Kier molecular flexibility index (Phi) is 2.22. The highest BCUT2D eigenvalue weighted by Gasteiger charge is 2.46. The second kappa shape index (κ2) is 2.96. The first kappa shape index (κ1) is 8.97. The van der Waals surface area contributed by atoms with Crippen molar-refractivity contribution >= 4 is 17.0 Å². The van der Waals surface area contributed by atoms with E-state index < -0.39 is 0 Å². The van der Waals surface area contributed by atoms with Gasteiger partial charge < -0.3 is 10.0 Å². The lowest BCUT2D eigenvalue weighted by molar-refractivity contribution is -0.110. The van der Waals surface area contributed by atoms with Gasteiger partial charge in [0.15, 0.2) is 0 Å². The number of piperidine rings is 3. The van der Waals surface area contributed by atoms with Crippen LogP contribution in [0.25, 0.3) is 0 Å². The van der Waals surface area contributed by atoms with Gasteiger partial charge in [-0.25, -0.2) is 0 Å². The van der Waals surface area contributed by atoms with Crippen LogP contribution in [0.5, 0.6) is 0 Å². The fraction of sp³-hybridized carbons (Fsp3) is 1.00. The van der Waals surface area contributed by atoms with Crippen LogP contribution < -0.4 is 0 Å². The summed E-state index contributed by atoms with van der Waals surface area (Å²) in [7, 11) is 0. The number of halogens is 1. The van der Waals surface area contributed by atoms with Crippen molar-refractivity contribution in [3.63, 3.8) is 0 Å². The highest BCUT2D eigenvalue weighted by Crippen LogP contribution is 2.43. The maximum atomic E-state index is 9.80. The quantitative estimate of drug-likeness (QED) is 0.673. The second-order valence-electron chi connectivity index (χ2n) is 4.57. The Hall–Kier alpha value is 0.400. The number of aliphatic hydroxyl groups excluding tert-OH is 1. The molecular formula is C9H16BrNO. The Morgan fingerprint density at radius 1 is 1.00 bits per heavy atom. The van der Waals surface area contributed by atoms with Crippen molar-refractivity contribution in [2.24, 2.45) is 17.8 Å². The number of hydrogen-bond donors (Lipinski definition) is 1. The van der Waals surface area contributed by atoms with E-state index in [4.69, 9.17) is 0 Å². The Morgan fingerprint density at radius 3 is 2.08 bits per heavy atom. The van der Waals surface area contributed by atoms with E-state index in [2.05, 4.69) is 4.90 Å². The maximum Gasteiger partial charge on any atom is 0.0621 e. The molecule has 3 unspecified atom stereocenters. The second-order valence-corrected chi connectivity index (χ2v) is 4.57. The molecule has 4 aliphatic rings. The van der Waals surface area contributed by atoms with Gasteiger partial charge in [-0.05, 0) is 30.6 Å². The molecule has 4 bridgehead atoms. The van der Waals surface area contributed by atoms with E-state index in [1.807, 2.05) is 0 Å². The molecule has 12 heavy (non-hydrogen) atoms. The molecule has 0 aromatic heterocycles. The van der Waals surface area contributed by atoms with E-state index in [0.29, 0.717) is 11.8 Å². The molecule has 5 atom stereocenters. The largest absolute Gasteiger partial charge is 0.392 e. The fourth-order valence-corrected chi connectivity index (χ4v) is 3.38. The summed E-state index contributed by atoms with van der Waals surface area (Å²) in [6.07, 6.45) is 2.64. The van der Waals surface area contributed by atoms with Crippen LogP contribution in [0.3, 0.4) is 0 Å². The van der Waals surface area contributed by atoms with Crippen LogP contribution in [0.2, 0.25) is 0 Å². The van der Waals surface area contributed by atoms with Crippen LogP contribution in [-0.2, 0) is 0 Å². The first-order chi connectivity index (χ1) is 5.33. The molecule has 1 N–H and O–H groups in total. The van der Waals surface area contributed by atoms with Crippen LogP contribution in [-0.4, -0.2) is 35.7 Å². The topological polar surface area (TPSA) is 23.5 Å². The predicted molar refractivity (Wildman–Crippen MR) is 52.5 cm³/mol. The first-order valence-electron chi connectivity index (χ1n) is 4.73. The molecule has 4 rings (SSSR count). The van der Waals surface area contributed by atoms with Crippen LogP contribution in [0, 0.1) is 17.8 Å². The third-order valence-corrected chi connectivity index (χ3v) is 3.74. The van der Waals surface area contributed by atoms with Gasteiger partial charge in [0.2, 0.25) is 0 Å². The van der Waals surface area contributed by atoms with Crippen molar-refractivity contribution < 1.29 is 5.11 Å². The summed E-state index contributed by atoms with van der Waals surface area (Å²) in [5, 5.41) is 9.80. The molecule has 0 aromatic rings. The van der Waals surface area contributed by atoms with E-state index in [9.17, 15) is 5.11 Å². The molecule has 0 spiro atoms. The van der Waals surface area contributed by atoms with Gasteiger partial charge in [0, 0.05) is 19.6 Å². The van der Waals surface area contributed by atoms with E-state index in [1.54, 1.807) is 0 Å². The highest BCUT2D eigenvalue weighted by molar-refractivity contribution is 8.93.